The Labute approximate surface area is 87.8 Å². The van der Waals surface area contributed by atoms with Gasteiger partial charge in [0.15, 0.2) is 18.2 Å². The number of hydrogen-bond acceptors (Lipinski definition) is 3. The minimum atomic E-state index is -0.486. The average Bonchev–Trinajstić information content (AvgIpc) is 2.25. The fourth-order valence-electron chi connectivity index (χ4n) is 0.956. The van der Waals surface area contributed by atoms with Crippen molar-refractivity contribution in [3.05, 3.63) is 30.1 Å². The van der Waals surface area contributed by atoms with Gasteiger partial charge in [-0.05, 0) is 18.6 Å². The first-order valence-electron chi connectivity index (χ1n) is 4.77. The lowest BCUT2D eigenvalue weighted by atomic mass is 10.3. The molecule has 0 aliphatic rings. The second-order valence-corrected chi connectivity index (χ2v) is 2.94. The van der Waals surface area contributed by atoms with Crippen molar-refractivity contribution in [2.24, 2.45) is 0 Å². The third kappa shape index (κ3) is 3.97. The third-order valence-electron chi connectivity index (χ3n) is 1.65. The molecule has 3 nitrogen and oxygen atoms in total. The highest BCUT2D eigenvalue weighted by molar-refractivity contribution is 5.71. The van der Waals surface area contributed by atoms with Crippen molar-refractivity contribution in [1.82, 2.24) is 0 Å². The van der Waals surface area contributed by atoms with Crippen molar-refractivity contribution < 1.29 is 18.7 Å². The summed E-state index contributed by atoms with van der Waals surface area (Å²) >= 11 is 0. The highest BCUT2D eigenvalue weighted by atomic mass is 19.1. The zero-order valence-corrected chi connectivity index (χ0v) is 8.53. The van der Waals surface area contributed by atoms with Crippen molar-refractivity contribution in [1.29, 1.82) is 0 Å². The number of para-hydroxylation sites is 1. The van der Waals surface area contributed by atoms with Crippen LogP contribution >= 0.6 is 0 Å². The Morgan fingerprint density at radius 3 is 2.80 bits per heavy atom. The molecule has 0 amide bonds. The molecule has 0 spiro atoms. The number of rotatable bonds is 5. The molecule has 0 radical (unpaired) electrons. The van der Waals surface area contributed by atoms with Gasteiger partial charge in [0.2, 0.25) is 0 Å². The molecular weight excluding hydrogens is 199 g/mol. The van der Waals surface area contributed by atoms with Crippen molar-refractivity contribution in [2.75, 3.05) is 13.2 Å². The predicted octanol–water partition coefficient (Wildman–Crippen LogP) is 2.16. The van der Waals surface area contributed by atoms with Crippen LogP contribution in [0, 0.1) is 5.82 Å². The topological polar surface area (TPSA) is 35.5 Å². The zero-order valence-electron chi connectivity index (χ0n) is 8.53. The standard InChI is InChI=1S/C11H13FO3/c1-2-7-14-11(13)8-15-10-6-4-3-5-9(10)12/h3-6H,2,7-8H2,1H3. The van der Waals surface area contributed by atoms with Crippen LogP contribution in [-0.4, -0.2) is 19.2 Å². The van der Waals surface area contributed by atoms with Gasteiger partial charge in [0.1, 0.15) is 0 Å². The lowest BCUT2D eigenvalue weighted by Crippen LogP contribution is -2.15. The molecule has 1 rings (SSSR count). The Morgan fingerprint density at radius 1 is 1.40 bits per heavy atom. The summed E-state index contributed by atoms with van der Waals surface area (Å²) in [6.45, 7) is 1.99. The normalized spacial score (nSPS) is 9.73. The number of ether oxygens (including phenoxy) is 2. The summed E-state index contributed by atoms with van der Waals surface area (Å²) < 4.78 is 22.7. The smallest absolute Gasteiger partial charge is 0.344 e. The first kappa shape index (κ1) is 11.5. The van der Waals surface area contributed by atoms with E-state index in [-0.39, 0.29) is 12.4 Å². The summed E-state index contributed by atoms with van der Waals surface area (Å²) in [7, 11) is 0. The molecule has 1 aromatic carbocycles. The van der Waals surface area contributed by atoms with Gasteiger partial charge in [-0.3, -0.25) is 0 Å². The maximum atomic E-state index is 13.0. The molecule has 4 heteroatoms. The number of carbonyl (C=O) groups excluding carboxylic acids is 1. The second-order valence-electron chi connectivity index (χ2n) is 2.94. The molecular formula is C11H13FO3. The molecule has 15 heavy (non-hydrogen) atoms. The van der Waals surface area contributed by atoms with E-state index in [1.165, 1.54) is 12.1 Å². The molecule has 0 saturated carbocycles. The van der Waals surface area contributed by atoms with E-state index in [2.05, 4.69) is 0 Å². The summed E-state index contributed by atoms with van der Waals surface area (Å²) in [6, 6.07) is 5.92. The summed E-state index contributed by atoms with van der Waals surface area (Å²) in [4.78, 5) is 11.0. The predicted molar refractivity (Wildman–Crippen MR) is 53.1 cm³/mol. The van der Waals surface area contributed by atoms with Crippen LogP contribution in [0.4, 0.5) is 4.39 Å². The van der Waals surface area contributed by atoms with Crippen LogP contribution in [0.5, 0.6) is 5.75 Å². The molecule has 82 valence electrons. The summed E-state index contributed by atoms with van der Waals surface area (Å²) in [6.07, 6.45) is 0.755. The van der Waals surface area contributed by atoms with E-state index >= 15 is 0 Å². The van der Waals surface area contributed by atoms with Gasteiger partial charge >= 0.3 is 5.97 Å². The molecule has 0 bridgehead atoms. The van der Waals surface area contributed by atoms with E-state index in [1.807, 2.05) is 6.92 Å². The summed E-state index contributed by atoms with van der Waals surface area (Å²) in [5.41, 5.74) is 0. The van der Waals surface area contributed by atoms with Crippen molar-refractivity contribution in [3.8, 4) is 5.75 Å². The van der Waals surface area contributed by atoms with Crippen LogP contribution in [0.3, 0.4) is 0 Å². The maximum Gasteiger partial charge on any atom is 0.344 e. The highest BCUT2D eigenvalue weighted by Gasteiger charge is 2.06. The Bertz CT molecular complexity index is 325. The van der Waals surface area contributed by atoms with Crippen LogP contribution in [0.15, 0.2) is 24.3 Å². The molecule has 0 unspecified atom stereocenters. The molecule has 0 aromatic heterocycles. The number of hydrogen-bond donors (Lipinski definition) is 0. The van der Waals surface area contributed by atoms with E-state index in [0.29, 0.717) is 6.61 Å². The minimum absolute atomic E-state index is 0.0611. The minimum Gasteiger partial charge on any atom is -0.479 e. The second kappa shape index (κ2) is 6.01. The van der Waals surface area contributed by atoms with Crippen molar-refractivity contribution in [3.63, 3.8) is 0 Å². The molecule has 0 aliphatic carbocycles. The molecule has 0 heterocycles. The quantitative estimate of drug-likeness (QED) is 0.701. The lowest BCUT2D eigenvalue weighted by molar-refractivity contribution is -0.146. The Kier molecular flexibility index (Phi) is 4.60. The van der Waals surface area contributed by atoms with Gasteiger partial charge in [0.25, 0.3) is 0 Å². The lowest BCUT2D eigenvalue weighted by Gasteiger charge is -2.06. The van der Waals surface area contributed by atoms with Gasteiger partial charge in [-0.1, -0.05) is 19.1 Å². The molecule has 1 aromatic rings. The molecule has 0 fully saturated rings. The van der Waals surface area contributed by atoms with Gasteiger partial charge < -0.3 is 9.47 Å². The van der Waals surface area contributed by atoms with E-state index in [4.69, 9.17) is 9.47 Å². The van der Waals surface area contributed by atoms with Crippen LogP contribution in [0.2, 0.25) is 0 Å². The van der Waals surface area contributed by atoms with Crippen LogP contribution in [-0.2, 0) is 9.53 Å². The first-order chi connectivity index (χ1) is 7.24. The first-order valence-corrected chi connectivity index (χ1v) is 4.77. The van der Waals surface area contributed by atoms with Crippen molar-refractivity contribution in [2.45, 2.75) is 13.3 Å². The van der Waals surface area contributed by atoms with Crippen molar-refractivity contribution >= 4 is 5.97 Å². The average molecular weight is 212 g/mol. The third-order valence-corrected chi connectivity index (χ3v) is 1.65. The Hall–Kier alpha value is -1.58. The number of halogens is 1. The summed E-state index contributed by atoms with van der Waals surface area (Å²) in [5.74, 6) is -0.910. The fourth-order valence-corrected chi connectivity index (χ4v) is 0.956. The number of carbonyl (C=O) groups is 1. The van der Waals surface area contributed by atoms with Crippen LogP contribution in [0.1, 0.15) is 13.3 Å². The fraction of sp³-hybridized carbons (Fsp3) is 0.364. The van der Waals surface area contributed by atoms with Crippen LogP contribution < -0.4 is 4.74 Å². The SMILES string of the molecule is CCCOC(=O)COc1ccccc1F. The van der Waals surface area contributed by atoms with E-state index in [0.717, 1.165) is 6.42 Å². The monoisotopic (exact) mass is 212 g/mol. The van der Waals surface area contributed by atoms with Crippen LogP contribution in [0.25, 0.3) is 0 Å². The molecule has 0 atom stereocenters. The van der Waals surface area contributed by atoms with Gasteiger partial charge in [-0.25, -0.2) is 9.18 Å². The highest BCUT2D eigenvalue weighted by Crippen LogP contribution is 2.14. The Balaban J connectivity index is 2.37. The van der Waals surface area contributed by atoms with Gasteiger partial charge in [0.05, 0.1) is 6.61 Å². The van der Waals surface area contributed by atoms with Gasteiger partial charge in [-0.2, -0.15) is 0 Å². The van der Waals surface area contributed by atoms with Gasteiger partial charge in [0, 0.05) is 0 Å². The van der Waals surface area contributed by atoms with Gasteiger partial charge in [-0.15, -0.1) is 0 Å². The van der Waals surface area contributed by atoms with E-state index in [9.17, 15) is 9.18 Å². The summed E-state index contributed by atoms with van der Waals surface area (Å²) in [5, 5.41) is 0. The number of benzene rings is 1. The van der Waals surface area contributed by atoms with E-state index < -0.39 is 11.8 Å². The molecule has 0 saturated heterocycles. The Morgan fingerprint density at radius 2 is 2.13 bits per heavy atom. The number of esters is 1. The largest absolute Gasteiger partial charge is 0.479 e. The molecule has 0 aliphatic heterocycles. The maximum absolute atomic E-state index is 13.0. The zero-order chi connectivity index (χ0) is 11.1. The molecule has 0 N–H and O–H groups in total. The van der Waals surface area contributed by atoms with E-state index in [1.54, 1.807) is 12.1 Å².